The summed E-state index contributed by atoms with van der Waals surface area (Å²) in [5.41, 5.74) is 8.85. The Hall–Kier alpha value is -0.900. The van der Waals surface area contributed by atoms with Crippen molar-refractivity contribution in [3.8, 4) is 0 Å². The summed E-state index contributed by atoms with van der Waals surface area (Å²) in [5, 5.41) is 0. The molecule has 1 aromatic heterocycles. The molecule has 0 amide bonds. The van der Waals surface area contributed by atoms with Crippen LogP contribution in [0.1, 0.15) is 12.7 Å². The fourth-order valence-electron chi connectivity index (χ4n) is 1.82. The van der Waals surface area contributed by atoms with E-state index in [4.69, 9.17) is 40.5 Å². The zero-order chi connectivity index (χ0) is 13.5. The summed E-state index contributed by atoms with van der Waals surface area (Å²) < 4.78 is 0.224. The molecule has 3 nitrogen and oxygen atoms in total. The molecule has 0 fully saturated rings. The van der Waals surface area contributed by atoms with Crippen LogP contribution in [0.3, 0.4) is 0 Å². The van der Waals surface area contributed by atoms with Gasteiger partial charge >= 0.3 is 0 Å². The molecule has 18 heavy (non-hydrogen) atoms. The normalized spacial score (nSPS) is 12.0. The van der Waals surface area contributed by atoms with Crippen molar-refractivity contribution in [2.75, 3.05) is 5.73 Å². The van der Waals surface area contributed by atoms with Crippen LogP contribution < -0.4 is 5.73 Å². The Morgan fingerprint density at radius 2 is 2.11 bits per heavy atom. The highest BCUT2D eigenvalue weighted by Crippen LogP contribution is 2.39. The Morgan fingerprint density at radius 3 is 2.67 bits per heavy atom. The Bertz CT molecular complexity index is 611. The van der Waals surface area contributed by atoms with Crippen molar-refractivity contribution in [2.24, 2.45) is 0 Å². The fourth-order valence-corrected chi connectivity index (χ4v) is 2.25. The minimum absolute atomic E-state index is 0.350. The third-order valence-electron chi connectivity index (χ3n) is 2.49. The van der Waals surface area contributed by atoms with Crippen LogP contribution in [0.4, 0.5) is 5.69 Å². The molecule has 0 aliphatic heterocycles. The Labute approximate surface area is 120 Å². The maximum absolute atomic E-state index is 5.95. The van der Waals surface area contributed by atoms with Crippen molar-refractivity contribution in [1.82, 2.24) is 9.55 Å². The zero-order valence-corrected chi connectivity index (χ0v) is 12.0. The number of fused-ring (bicyclic) bond motifs is 1. The molecule has 0 spiro atoms. The summed E-state index contributed by atoms with van der Waals surface area (Å²) in [5.74, 6) is 0.350. The molecule has 0 bridgehead atoms. The molecule has 96 valence electrons. The molecule has 0 saturated heterocycles. The summed E-state index contributed by atoms with van der Waals surface area (Å²) in [6.45, 7) is 6.31. The second kappa shape index (κ2) is 4.65. The number of alkyl halides is 3. The van der Waals surface area contributed by atoms with Gasteiger partial charge in [0.1, 0.15) is 5.52 Å². The minimum atomic E-state index is -1.60. The van der Waals surface area contributed by atoms with Gasteiger partial charge in [0, 0.05) is 6.54 Å². The van der Waals surface area contributed by atoms with E-state index in [1.165, 1.54) is 0 Å². The van der Waals surface area contributed by atoms with Crippen LogP contribution in [0.2, 0.25) is 0 Å². The number of hydrogen-bond donors (Lipinski definition) is 1. The van der Waals surface area contributed by atoms with Crippen LogP contribution in [0.25, 0.3) is 11.0 Å². The van der Waals surface area contributed by atoms with E-state index in [-0.39, 0.29) is 0 Å². The van der Waals surface area contributed by atoms with Crippen LogP contribution in [-0.4, -0.2) is 9.55 Å². The van der Waals surface area contributed by atoms with Gasteiger partial charge in [-0.2, -0.15) is 0 Å². The summed E-state index contributed by atoms with van der Waals surface area (Å²) in [6, 6.07) is 5.50. The van der Waals surface area contributed by atoms with Gasteiger partial charge in [0.2, 0.25) is 3.79 Å². The van der Waals surface area contributed by atoms with Crippen molar-refractivity contribution in [3.63, 3.8) is 0 Å². The van der Waals surface area contributed by atoms with Crippen LogP contribution in [0.5, 0.6) is 0 Å². The van der Waals surface area contributed by atoms with Gasteiger partial charge in [-0.3, -0.25) is 0 Å². The number of anilines is 1. The highest BCUT2D eigenvalue weighted by atomic mass is 35.6. The molecule has 0 atom stereocenters. The number of allylic oxidation sites excluding steroid dienone is 1. The lowest BCUT2D eigenvalue weighted by Gasteiger charge is -2.14. The van der Waals surface area contributed by atoms with E-state index in [2.05, 4.69) is 11.6 Å². The molecule has 6 heteroatoms. The van der Waals surface area contributed by atoms with Crippen molar-refractivity contribution >= 4 is 51.5 Å². The van der Waals surface area contributed by atoms with Gasteiger partial charge in [0.15, 0.2) is 5.82 Å². The number of para-hydroxylation sites is 1. The third-order valence-corrected chi connectivity index (χ3v) is 3.00. The molecule has 2 N–H and O–H groups in total. The quantitative estimate of drug-likeness (QED) is 0.517. The number of nitrogens with two attached hydrogens (primary N) is 1. The molecule has 2 rings (SSSR count). The predicted octanol–water partition coefficient (Wildman–Crippen LogP) is 4.02. The molecule has 2 aromatic rings. The number of nitrogen functional groups attached to an aromatic ring is 1. The molecule has 0 unspecified atom stereocenters. The highest BCUT2D eigenvalue weighted by molar-refractivity contribution is 6.66. The predicted molar refractivity (Wildman–Crippen MR) is 78.2 cm³/mol. The van der Waals surface area contributed by atoms with E-state index >= 15 is 0 Å². The number of imidazole rings is 1. The number of benzene rings is 1. The lowest BCUT2D eigenvalue weighted by Crippen LogP contribution is -2.12. The lowest BCUT2D eigenvalue weighted by molar-refractivity contribution is 0.750. The molecule has 0 aliphatic carbocycles. The van der Waals surface area contributed by atoms with Gasteiger partial charge in [-0.05, 0) is 19.1 Å². The first kappa shape index (κ1) is 13.5. The minimum Gasteiger partial charge on any atom is -0.397 e. The van der Waals surface area contributed by atoms with E-state index in [1.54, 1.807) is 6.07 Å². The molecule has 1 heterocycles. The summed E-state index contributed by atoms with van der Waals surface area (Å²) in [7, 11) is 0. The molecular formula is C12H12Cl3N3. The molecule has 0 radical (unpaired) electrons. The van der Waals surface area contributed by atoms with Gasteiger partial charge in [-0.25, -0.2) is 4.98 Å². The van der Waals surface area contributed by atoms with Gasteiger partial charge in [-0.15, -0.1) is 0 Å². The number of aromatic nitrogens is 2. The standard InChI is InChI=1S/C12H12Cl3N3/c1-7(2)6-18-9-5-3-4-8(16)10(9)17-11(18)12(13,14)15/h3-5H,1,6,16H2,2H3. The van der Waals surface area contributed by atoms with Gasteiger partial charge < -0.3 is 10.3 Å². The van der Waals surface area contributed by atoms with Crippen molar-refractivity contribution in [3.05, 3.63) is 36.2 Å². The zero-order valence-electron chi connectivity index (χ0n) is 9.75. The van der Waals surface area contributed by atoms with Crippen molar-refractivity contribution < 1.29 is 0 Å². The Morgan fingerprint density at radius 1 is 1.44 bits per heavy atom. The first-order valence-corrected chi connectivity index (χ1v) is 6.40. The second-order valence-corrected chi connectivity index (χ2v) is 6.47. The monoisotopic (exact) mass is 303 g/mol. The van der Waals surface area contributed by atoms with Crippen LogP contribution in [0, 0.1) is 0 Å². The molecule has 1 aromatic carbocycles. The maximum atomic E-state index is 5.95. The fraction of sp³-hybridized carbons (Fsp3) is 0.250. The maximum Gasteiger partial charge on any atom is 0.248 e. The Kier molecular flexibility index (Phi) is 3.49. The first-order valence-electron chi connectivity index (χ1n) is 5.27. The number of nitrogens with zero attached hydrogens (tertiary/aromatic N) is 2. The van der Waals surface area contributed by atoms with E-state index in [1.807, 2.05) is 23.6 Å². The van der Waals surface area contributed by atoms with E-state index in [0.717, 1.165) is 11.1 Å². The van der Waals surface area contributed by atoms with Gasteiger partial charge in [0.25, 0.3) is 0 Å². The van der Waals surface area contributed by atoms with Gasteiger partial charge in [0.05, 0.1) is 11.2 Å². The highest BCUT2D eigenvalue weighted by Gasteiger charge is 2.30. The SMILES string of the molecule is C=C(C)Cn1c(C(Cl)(Cl)Cl)nc2c(N)cccc21. The topological polar surface area (TPSA) is 43.8 Å². The van der Waals surface area contributed by atoms with Gasteiger partial charge in [-0.1, -0.05) is 53.0 Å². The largest absolute Gasteiger partial charge is 0.397 e. The third kappa shape index (κ3) is 2.44. The van der Waals surface area contributed by atoms with E-state index in [0.29, 0.717) is 23.6 Å². The summed E-state index contributed by atoms with van der Waals surface area (Å²) in [4.78, 5) is 4.34. The summed E-state index contributed by atoms with van der Waals surface area (Å²) >= 11 is 17.8. The van der Waals surface area contributed by atoms with Crippen LogP contribution in [0.15, 0.2) is 30.4 Å². The Balaban J connectivity index is 2.76. The number of rotatable bonds is 2. The smallest absolute Gasteiger partial charge is 0.248 e. The van der Waals surface area contributed by atoms with E-state index < -0.39 is 3.79 Å². The molecular weight excluding hydrogens is 293 g/mol. The molecule has 0 aliphatic rings. The van der Waals surface area contributed by atoms with Crippen LogP contribution >= 0.6 is 34.8 Å². The average Bonchev–Trinajstić information content (AvgIpc) is 2.57. The van der Waals surface area contributed by atoms with Crippen molar-refractivity contribution in [1.29, 1.82) is 0 Å². The first-order chi connectivity index (χ1) is 8.30. The number of halogens is 3. The van der Waals surface area contributed by atoms with E-state index in [9.17, 15) is 0 Å². The number of hydrogen-bond acceptors (Lipinski definition) is 2. The average molecular weight is 305 g/mol. The van der Waals surface area contributed by atoms with Crippen LogP contribution in [-0.2, 0) is 10.3 Å². The molecule has 0 saturated carbocycles. The lowest BCUT2D eigenvalue weighted by atomic mass is 10.2. The van der Waals surface area contributed by atoms with Crippen molar-refractivity contribution in [2.45, 2.75) is 17.3 Å². The summed E-state index contributed by atoms with van der Waals surface area (Å²) in [6.07, 6.45) is 0. The second-order valence-electron chi connectivity index (χ2n) is 4.19.